The third-order valence-corrected chi connectivity index (χ3v) is 16.2. The fraction of sp³-hybridized carbons (Fsp3) is 0.0411. The smallest absolute Gasteiger partial charge is 0.0541 e. The maximum absolute atomic E-state index is 2.40. The fourth-order valence-corrected chi connectivity index (χ4v) is 12.6. The summed E-state index contributed by atoms with van der Waals surface area (Å²) in [4.78, 5) is 2.40. The molecule has 0 saturated carbocycles. The number of benzene rings is 12. The standard InChI is InChI=1S/C73H51N3/c1-73(2)67-27-15-12-24-61(67)64-47-60(36-37-68(64)73)74(56-18-6-3-7-19-56)59-35-32-48-40-49(30-31-50(48)44-59)53-41-54(51-33-38-71-65(45-51)62-25-13-16-28-69(62)75(71)57-20-8-4-9-21-57)43-55(42-53)52-34-39-72-66(46-52)63-26-14-17-29-70(63)76(72)58-22-10-5-11-23-58/h3-47H,1-2H3. The number of hydrogen-bond donors (Lipinski definition) is 0. The first-order valence-corrected chi connectivity index (χ1v) is 26.4. The van der Waals surface area contributed by atoms with Crippen LogP contribution in [0.3, 0.4) is 0 Å². The summed E-state index contributed by atoms with van der Waals surface area (Å²) in [5.74, 6) is 0. The van der Waals surface area contributed by atoms with E-state index in [4.69, 9.17) is 0 Å². The van der Waals surface area contributed by atoms with E-state index in [2.05, 4.69) is 301 Å². The third kappa shape index (κ3) is 6.97. The minimum Gasteiger partial charge on any atom is -0.310 e. The molecule has 0 radical (unpaired) electrons. The van der Waals surface area contributed by atoms with Gasteiger partial charge in [-0.05, 0) is 188 Å². The summed E-state index contributed by atoms with van der Waals surface area (Å²) in [6.07, 6.45) is 0. The summed E-state index contributed by atoms with van der Waals surface area (Å²) in [6, 6.07) is 101. The minimum absolute atomic E-state index is 0.0569. The average molecular weight is 970 g/mol. The van der Waals surface area contributed by atoms with Gasteiger partial charge in [0.25, 0.3) is 0 Å². The van der Waals surface area contributed by atoms with Crippen LogP contribution in [0.5, 0.6) is 0 Å². The van der Waals surface area contributed by atoms with E-state index in [1.54, 1.807) is 0 Å². The summed E-state index contributed by atoms with van der Waals surface area (Å²) in [5, 5.41) is 7.33. The molecule has 76 heavy (non-hydrogen) atoms. The maximum Gasteiger partial charge on any atom is 0.0541 e. The molecule has 0 fully saturated rings. The van der Waals surface area contributed by atoms with Crippen LogP contribution in [0.25, 0.3) is 110 Å². The van der Waals surface area contributed by atoms with E-state index in [0.29, 0.717) is 0 Å². The van der Waals surface area contributed by atoms with Gasteiger partial charge in [-0.3, -0.25) is 0 Å². The van der Waals surface area contributed by atoms with Gasteiger partial charge < -0.3 is 14.0 Å². The molecule has 0 unspecified atom stereocenters. The molecule has 0 aliphatic heterocycles. The molecule has 15 rings (SSSR count). The number of fused-ring (bicyclic) bond motifs is 10. The molecule has 0 bridgehead atoms. The molecule has 0 spiro atoms. The molecule has 1 aliphatic carbocycles. The fourth-order valence-electron chi connectivity index (χ4n) is 12.6. The van der Waals surface area contributed by atoms with Crippen LogP contribution in [0.4, 0.5) is 17.1 Å². The first kappa shape index (κ1) is 43.8. The van der Waals surface area contributed by atoms with Crippen LogP contribution in [0.15, 0.2) is 273 Å². The Bertz CT molecular complexity index is 4420. The van der Waals surface area contributed by atoms with Gasteiger partial charge in [-0.2, -0.15) is 0 Å². The van der Waals surface area contributed by atoms with Gasteiger partial charge in [-0.1, -0.05) is 166 Å². The highest BCUT2D eigenvalue weighted by molar-refractivity contribution is 6.12. The predicted octanol–water partition coefficient (Wildman–Crippen LogP) is 19.8. The highest BCUT2D eigenvalue weighted by atomic mass is 15.1. The van der Waals surface area contributed by atoms with Gasteiger partial charge in [-0.15, -0.1) is 0 Å². The number of hydrogen-bond acceptors (Lipinski definition) is 1. The van der Waals surface area contributed by atoms with Crippen LogP contribution >= 0.6 is 0 Å². The highest BCUT2D eigenvalue weighted by Crippen LogP contribution is 2.51. The number of nitrogens with zero attached hydrogens (tertiary/aromatic N) is 3. The molecule has 0 saturated heterocycles. The summed E-state index contributed by atoms with van der Waals surface area (Å²) in [6.45, 7) is 4.69. The van der Waals surface area contributed by atoms with Gasteiger partial charge in [0.15, 0.2) is 0 Å². The lowest BCUT2D eigenvalue weighted by molar-refractivity contribution is 0.660. The summed E-state index contributed by atoms with van der Waals surface area (Å²) in [5.41, 5.74) is 22.9. The molecule has 1 aliphatic rings. The Labute approximate surface area is 442 Å². The van der Waals surface area contributed by atoms with Crippen molar-refractivity contribution in [3.63, 3.8) is 0 Å². The van der Waals surface area contributed by atoms with Crippen molar-refractivity contribution in [2.75, 3.05) is 4.90 Å². The van der Waals surface area contributed by atoms with Gasteiger partial charge in [0.05, 0.1) is 22.1 Å². The monoisotopic (exact) mass is 969 g/mol. The number of para-hydroxylation sites is 5. The molecule has 12 aromatic carbocycles. The van der Waals surface area contributed by atoms with Gasteiger partial charge in [0.2, 0.25) is 0 Å². The summed E-state index contributed by atoms with van der Waals surface area (Å²) >= 11 is 0. The zero-order valence-corrected chi connectivity index (χ0v) is 42.3. The number of rotatable bonds is 8. The average Bonchev–Trinajstić information content (AvgIpc) is 4.11. The van der Waals surface area contributed by atoms with Crippen molar-refractivity contribution in [3.05, 3.63) is 284 Å². The van der Waals surface area contributed by atoms with Gasteiger partial charge >= 0.3 is 0 Å². The first-order chi connectivity index (χ1) is 37.4. The molecule has 358 valence electrons. The summed E-state index contributed by atoms with van der Waals surface area (Å²) in [7, 11) is 0. The lowest BCUT2D eigenvalue weighted by Crippen LogP contribution is -2.15. The van der Waals surface area contributed by atoms with E-state index in [0.717, 1.165) is 28.4 Å². The van der Waals surface area contributed by atoms with E-state index in [-0.39, 0.29) is 5.41 Å². The van der Waals surface area contributed by atoms with Crippen LogP contribution in [-0.4, -0.2) is 9.13 Å². The van der Waals surface area contributed by atoms with Gasteiger partial charge in [0, 0.05) is 55.4 Å². The van der Waals surface area contributed by atoms with E-state index in [9.17, 15) is 0 Å². The van der Waals surface area contributed by atoms with Crippen LogP contribution < -0.4 is 4.90 Å². The Kier molecular flexibility index (Phi) is 9.92. The minimum atomic E-state index is -0.0569. The molecule has 0 amide bonds. The van der Waals surface area contributed by atoms with Crippen molar-refractivity contribution in [1.82, 2.24) is 9.13 Å². The van der Waals surface area contributed by atoms with Crippen molar-refractivity contribution in [2.24, 2.45) is 0 Å². The van der Waals surface area contributed by atoms with E-state index in [1.165, 1.54) is 110 Å². The Morgan fingerprint density at radius 2 is 0.711 bits per heavy atom. The van der Waals surface area contributed by atoms with Gasteiger partial charge in [-0.25, -0.2) is 0 Å². The molecule has 3 nitrogen and oxygen atoms in total. The molecule has 0 N–H and O–H groups in total. The van der Waals surface area contributed by atoms with E-state index >= 15 is 0 Å². The second kappa shape index (κ2) is 17.2. The lowest BCUT2D eigenvalue weighted by Gasteiger charge is -2.27. The molecule has 14 aromatic rings. The second-order valence-electron chi connectivity index (χ2n) is 21.0. The van der Waals surface area contributed by atoms with Crippen LogP contribution in [0, 0.1) is 0 Å². The van der Waals surface area contributed by atoms with Crippen LogP contribution in [0.1, 0.15) is 25.0 Å². The van der Waals surface area contributed by atoms with Crippen molar-refractivity contribution in [2.45, 2.75) is 19.3 Å². The third-order valence-electron chi connectivity index (χ3n) is 16.2. The summed E-state index contributed by atoms with van der Waals surface area (Å²) < 4.78 is 4.78. The second-order valence-corrected chi connectivity index (χ2v) is 21.0. The normalized spacial score (nSPS) is 12.7. The number of aromatic nitrogens is 2. The lowest BCUT2D eigenvalue weighted by atomic mass is 9.82. The molecular weight excluding hydrogens is 919 g/mol. The maximum atomic E-state index is 2.40. The SMILES string of the molecule is CC1(C)c2ccccc2-c2cc(N(c3ccccc3)c3ccc4cc(-c5cc(-c6ccc7c(c6)c6ccccc6n7-c6ccccc6)cc(-c6ccc7c(c6)c6ccccc6n7-c6ccccc6)c5)ccc4c3)ccc21. The molecule has 0 atom stereocenters. The molecule has 2 heterocycles. The van der Waals surface area contributed by atoms with Crippen LogP contribution in [-0.2, 0) is 5.41 Å². The van der Waals surface area contributed by atoms with Crippen LogP contribution in [0.2, 0.25) is 0 Å². The van der Waals surface area contributed by atoms with Gasteiger partial charge in [0.1, 0.15) is 0 Å². The Hall–Kier alpha value is -9.70. The molecule has 3 heteroatoms. The topological polar surface area (TPSA) is 13.1 Å². The van der Waals surface area contributed by atoms with E-state index in [1.807, 2.05) is 0 Å². The van der Waals surface area contributed by atoms with E-state index < -0.39 is 0 Å². The van der Waals surface area contributed by atoms with Crippen molar-refractivity contribution >= 4 is 71.4 Å². The zero-order valence-electron chi connectivity index (χ0n) is 42.3. The Morgan fingerprint density at radius 3 is 1.32 bits per heavy atom. The van der Waals surface area contributed by atoms with Crippen molar-refractivity contribution in [3.8, 4) is 55.9 Å². The quantitative estimate of drug-likeness (QED) is 0.148. The largest absolute Gasteiger partial charge is 0.310 e. The highest BCUT2D eigenvalue weighted by Gasteiger charge is 2.35. The predicted molar refractivity (Wildman–Crippen MR) is 321 cm³/mol. The molecular formula is C73H51N3. The Balaban J connectivity index is 0.879. The number of anilines is 3. The zero-order chi connectivity index (χ0) is 50.5. The van der Waals surface area contributed by atoms with Crippen molar-refractivity contribution in [1.29, 1.82) is 0 Å². The Morgan fingerprint density at radius 1 is 0.276 bits per heavy atom. The van der Waals surface area contributed by atoms with Crippen molar-refractivity contribution < 1.29 is 0 Å². The molecule has 2 aromatic heterocycles. The first-order valence-electron chi connectivity index (χ1n) is 26.4.